The molecule has 0 saturated carbocycles. The molecule has 0 aliphatic carbocycles. The van der Waals surface area contributed by atoms with Gasteiger partial charge in [0.05, 0.1) is 0 Å². The lowest BCUT2D eigenvalue weighted by Crippen LogP contribution is -2.12. The maximum atomic E-state index is 5.64. The van der Waals surface area contributed by atoms with Crippen molar-refractivity contribution in [3.63, 3.8) is 0 Å². The normalized spacial score (nSPS) is 35.3. The van der Waals surface area contributed by atoms with E-state index in [-0.39, 0.29) is 0 Å². The van der Waals surface area contributed by atoms with E-state index in [9.17, 15) is 0 Å². The minimum atomic E-state index is -2.91. The van der Waals surface area contributed by atoms with Crippen LogP contribution in [-0.2, 0) is 0 Å². The lowest BCUT2D eigenvalue weighted by molar-refractivity contribution is 0.936. The van der Waals surface area contributed by atoms with Crippen molar-refractivity contribution in [1.29, 1.82) is 0 Å². The Bertz CT molecular complexity index is 907. The highest BCUT2D eigenvalue weighted by Gasteiger charge is 2.40. The molecule has 8 N–H and O–H groups in total. The summed E-state index contributed by atoms with van der Waals surface area (Å²) in [6, 6.07) is 0. The average molecular weight is 715 g/mol. The van der Waals surface area contributed by atoms with Crippen LogP contribution in [0.25, 0.3) is 0 Å². The molecule has 12 nitrogen and oxygen atoms in total. The van der Waals surface area contributed by atoms with E-state index in [1.807, 2.05) is 0 Å². The van der Waals surface area contributed by atoms with Crippen LogP contribution in [0.15, 0.2) is 27.1 Å². The van der Waals surface area contributed by atoms with Gasteiger partial charge in [-0.25, -0.2) is 4.52 Å². The molecule has 24 heteroatoms. The summed E-state index contributed by atoms with van der Waals surface area (Å²) in [5, 5.41) is 14.4. The van der Waals surface area contributed by atoms with Crippen molar-refractivity contribution in [3.8, 4) is 0 Å². The lowest BCUT2D eigenvalue weighted by Gasteiger charge is -2.31. The third-order valence-corrected chi connectivity index (χ3v) is 28.4. The third kappa shape index (κ3) is 8.95. The molecule has 0 radical (unpaired) electrons. The molecular weight excluding hydrogens is 687 g/mol. The van der Waals surface area contributed by atoms with E-state index in [0.717, 1.165) is 38.5 Å². The molecule has 3 fully saturated rings. The quantitative estimate of drug-likeness (QED) is 0.149. The van der Waals surface area contributed by atoms with Gasteiger partial charge in [0, 0.05) is 51.6 Å². The molecule has 0 amide bonds. The van der Waals surface area contributed by atoms with Crippen molar-refractivity contribution >= 4 is 107 Å². The fourth-order valence-electron chi connectivity index (χ4n) is 3.35. The Balaban J connectivity index is 0.000000176. The fourth-order valence-corrected chi connectivity index (χ4v) is 35.9. The molecular formula is C10H28Cl6N12P6. The second kappa shape index (κ2) is 12.6. The predicted molar refractivity (Wildman–Crippen MR) is 160 cm³/mol. The van der Waals surface area contributed by atoms with Gasteiger partial charge in [0.1, 0.15) is 14.7 Å². The number of hydrogen-bond acceptors (Lipinski definition) is 12. The zero-order valence-corrected chi connectivity index (χ0v) is 27.8. The summed E-state index contributed by atoms with van der Waals surface area (Å²) in [4.78, 5) is 0. The standard InChI is InChI=1S/C8H20N7P3.C2H8N2.Cl6N3P3/c1-3-9-16(7-1)13-17(8-2-4-10-17)15-18(14-16)11-5-6-12-18;3-1-2-4;1-10(2)7-11(3,4)9-12(5,6)8-10/h9-12H,1-8H2;1-4H2;. The smallest absolute Gasteiger partial charge is 0.257 e. The Morgan fingerprint density at radius 1 is 0.529 bits per heavy atom. The van der Waals surface area contributed by atoms with E-state index in [0.29, 0.717) is 13.1 Å². The predicted octanol–water partition coefficient (Wildman–Crippen LogP) is 8.36. The second-order valence-electron chi connectivity index (χ2n) is 7.33. The van der Waals surface area contributed by atoms with Gasteiger partial charge in [-0.15, -0.1) is 0 Å². The van der Waals surface area contributed by atoms with E-state index in [1.165, 1.54) is 12.8 Å². The van der Waals surface area contributed by atoms with E-state index >= 15 is 0 Å². The van der Waals surface area contributed by atoms with Crippen LogP contribution in [0.2, 0.25) is 0 Å². The summed E-state index contributed by atoms with van der Waals surface area (Å²) in [6.45, 7) is 5.31. The van der Waals surface area contributed by atoms with Crippen molar-refractivity contribution in [2.24, 2.45) is 38.6 Å². The van der Waals surface area contributed by atoms with Gasteiger partial charge in [0.15, 0.2) is 0 Å². The number of halogens is 6. The first-order chi connectivity index (χ1) is 15.8. The molecule has 5 aliphatic rings. The Labute approximate surface area is 229 Å². The summed E-state index contributed by atoms with van der Waals surface area (Å²) in [6.07, 6.45) is 4.69. The van der Waals surface area contributed by atoms with E-state index in [4.69, 9.17) is 92.5 Å². The van der Waals surface area contributed by atoms with E-state index in [1.54, 1.807) is 0 Å². The number of nitrogens with zero attached hydrogens (tertiary/aromatic N) is 6. The summed E-state index contributed by atoms with van der Waals surface area (Å²) in [7, 11) is -5.15. The van der Waals surface area contributed by atoms with Gasteiger partial charge < -0.3 is 11.5 Å². The van der Waals surface area contributed by atoms with Gasteiger partial charge in [-0.3, -0.25) is 20.3 Å². The number of hydrogen-bond donors (Lipinski definition) is 6. The average Bonchev–Trinajstić information content (AvgIpc) is 3.42. The second-order valence-corrected chi connectivity index (χ2v) is 30.7. The Hall–Kier alpha value is 2.88. The lowest BCUT2D eigenvalue weighted by atomic mass is 10.5. The molecule has 5 heterocycles. The number of rotatable bonds is 1. The van der Waals surface area contributed by atoms with Crippen molar-refractivity contribution in [3.05, 3.63) is 0 Å². The molecule has 34 heavy (non-hydrogen) atoms. The van der Waals surface area contributed by atoms with Crippen LogP contribution in [0.5, 0.6) is 0 Å². The van der Waals surface area contributed by atoms with Crippen molar-refractivity contribution in [1.82, 2.24) is 20.3 Å². The molecule has 0 aromatic heterocycles. The number of nitrogens with two attached hydrogens (primary N) is 2. The minimum absolute atomic E-state index is 0.597. The summed E-state index contributed by atoms with van der Waals surface area (Å²) < 4.78 is 26.3. The van der Waals surface area contributed by atoms with Gasteiger partial charge in [0.2, 0.25) is 7.51 Å². The first-order valence-corrected chi connectivity index (χ1v) is 26.1. The molecule has 0 aromatic carbocycles. The fraction of sp³-hybridized carbons (Fsp3) is 1.00. The van der Waals surface area contributed by atoms with Gasteiger partial charge >= 0.3 is 0 Å². The molecule has 3 saturated heterocycles. The molecule has 5 aliphatic heterocycles. The van der Waals surface area contributed by atoms with Crippen molar-refractivity contribution in [2.75, 3.05) is 51.6 Å². The zero-order valence-electron chi connectivity index (χ0n) is 17.9. The summed E-state index contributed by atoms with van der Waals surface area (Å²) >= 11 is 33.9. The molecule has 5 rings (SSSR count). The third-order valence-electron chi connectivity index (χ3n) is 4.48. The summed E-state index contributed by atoms with van der Waals surface area (Å²) in [5.41, 5.74) is 9.81. The van der Waals surface area contributed by atoms with Crippen LogP contribution in [-0.4, -0.2) is 51.6 Å². The highest BCUT2D eigenvalue weighted by atomic mass is 35.9. The van der Waals surface area contributed by atoms with Gasteiger partial charge in [-0.2, -0.15) is 22.6 Å². The Kier molecular flexibility index (Phi) is 11.6. The highest BCUT2D eigenvalue weighted by molar-refractivity contribution is 8.26. The SMILES string of the molecule is C1CNP2(=NP3(=NP4(=N2)NCCN4)CCCN3)C1.ClP1(Cl)=NP(Cl)(Cl)=NP(Cl)(Cl)=N1.NCCN. The minimum Gasteiger partial charge on any atom is -0.329 e. The van der Waals surface area contributed by atoms with Crippen LogP contribution < -0.4 is 31.8 Å². The van der Waals surface area contributed by atoms with Crippen molar-refractivity contribution in [2.45, 2.75) is 12.8 Å². The van der Waals surface area contributed by atoms with Gasteiger partial charge in [-0.1, -0.05) is 0 Å². The molecule has 3 spiro atoms. The van der Waals surface area contributed by atoms with Crippen molar-refractivity contribution < 1.29 is 0 Å². The van der Waals surface area contributed by atoms with Crippen LogP contribution in [0.3, 0.4) is 0 Å². The van der Waals surface area contributed by atoms with Crippen LogP contribution >= 0.6 is 107 Å². The Morgan fingerprint density at radius 3 is 1.29 bits per heavy atom. The first kappa shape index (κ1) is 31.4. The molecule has 0 bridgehead atoms. The largest absolute Gasteiger partial charge is 0.329 e. The number of nitrogens with one attached hydrogen (secondary N) is 4. The van der Waals surface area contributed by atoms with Crippen LogP contribution in [0.1, 0.15) is 12.8 Å². The van der Waals surface area contributed by atoms with Gasteiger partial charge in [0.25, 0.3) is 17.7 Å². The van der Waals surface area contributed by atoms with Crippen LogP contribution in [0, 0.1) is 0 Å². The van der Waals surface area contributed by atoms with Gasteiger partial charge in [-0.05, 0) is 80.3 Å². The maximum absolute atomic E-state index is 5.64. The van der Waals surface area contributed by atoms with E-state index in [2.05, 4.69) is 33.9 Å². The monoisotopic (exact) mass is 712 g/mol. The first-order valence-electron chi connectivity index (χ1n) is 10.2. The Morgan fingerprint density at radius 2 is 0.941 bits per heavy atom. The highest BCUT2D eigenvalue weighted by Crippen LogP contribution is 2.87. The molecule has 0 aromatic rings. The molecule has 2 unspecified atom stereocenters. The summed E-state index contributed by atoms with van der Waals surface area (Å²) in [5.74, 6) is -8.72. The zero-order chi connectivity index (χ0) is 25.1. The topological polar surface area (TPSA) is 174 Å². The maximum Gasteiger partial charge on any atom is 0.257 e. The van der Waals surface area contributed by atoms with Crippen LogP contribution in [0.4, 0.5) is 0 Å². The molecule has 2 atom stereocenters. The molecule has 200 valence electrons. The van der Waals surface area contributed by atoms with E-state index < -0.39 is 39.9 Å².